The van der Waals surface area contributed by atoms with Crippen molar-refractivity contribution in [3.8, 4) is 0 Å². The molecule has 0 aromatic carbocycles. The van der Waals surface area contributed by atoms with Crippen molar-refractivity contribution in [3.05, 3.63) is 23.3 Å². The Bertz CT molecular complexity index is 338. The van der Waals surface area contributed by atoms with Crippen LogP contribution in [0.25, 0.3) is 0 Å². The summed E-state index contributed by atoms with van der Waals surface area (Å²) in [5, 5.41) is 10.0. The van der Waals surface area contributed by atoms with Gasteiger partial charge in [-0.25, -0.2) is 9.97 Å². The monoisotopic (exact) mass is 192 g/mol. The molecule has 0 bridgehead atoms. The second-order valence-electron chi connectivity index (χ2n) is 3.97. The van der Waals surface area contributed by atoms with Crippen LogP contribution in [0.5, 0.6) is 0 Å². The van der Waals surface area contributed by atoms with E-state index in [0.717, 1.165) is 36.3 Å². The molecule has 1 aromatic heterocycles. The minimum Gasteiger partial charge on any atom is -0.388 e. The van der Waals surface area contributed by atoms with Crippen LogP contribution in [-0.4, -0.2) is 15.1 Å². The molecule has 0 fully saturated rings. The largest absolute Gasteiger partial charge is 0.388 e. The number of nitrogens with zero attached hydrogens (tertiary/aromatic N) is 2. The van der Waals surface area contributed by atoms with E-state index in [-0.39, 0.29) is 6.10 Å². The Kier molecular flexibility index (Phi) is 2.50. The third-order valence-corrected chi connectivity index (χ3v) is 3.06. The highest BCUT2D eigenvalue weighted by Crippen LogP contribution is 2.34. The smallest absolute Gasteiger partial charge is 0.125 e. The molecule has 1 aliphatic rings. The van der Waals surface area contributed by atoms with Crippen LogP contribution in [0.15, 0.2) is 6.20 Å². The molecule has 1 aromatic rings. The van der Waals surface area contributed by atoms with Crippen LogP contribution in [0.1, 0.15) is 43.0 Å². The molecule has 0 saturated heterocycles. The Morgan fingerprint density at radius 1 is 1.57 bits per heavy atom. The highest BCUT2D eigenvalue weighted by atomic mass is 16.3. The summed E-state index contributed by atoms with van der Waals surface area (Å²) in [5.74, 6) is 1.18. The van der Waals surface area contributed by atoms with E-state index in [4.69, 9.17) is 0 Å². The third-order valence-electron chi connectivity index (χ3n) is 3.06. The van der Waals surface area contributed by atoms with E-state index in [2.05, 4.69) is 16.9 Å². The Morgan fingerprint density at radius 3 is 3.07 bits per heavy atom. The lowest BCUT2D eigenvalue weighted by Crippen LogP contribution is -2.21. The lowest BCUT2D eigenvalue weighted by atomic mass is 9.83. The predicted molar refractivity (Wildman–Crippen MR) is 53.8 cm³/mol. The van der Waals surface area contributed by atoms with Crippen molar-refractivity contribution >= 4 is 0 Å². The van der Waals surface area contributed by atoms with Gasteiger partial charge in [-0.05, 0) is 25.7 Å². The fraction of sp³-hybridized carbons (Fsp3) is 0.636. The molecule has 3 heteroatoms. The summed E-state index contributed by atoms with van der Waals surface area (Å²) in [6.07, 6.45) is 4.47. The van der Waals surface area contributed by atoms with Crippen LogP contribution < -0.4 is 0 Å². The molecule has 2 unspecified atom stereocenters. The average Bonchev–Trinajstić information content (AvgIpc) is 2.18. The summed E-state index contributed by atoms with van der Waals surface area (Å²) in [6, 6.07) is 0. The molecule has 0 aliphatic heterocycles. The van der Waals surface area contributed by atoms with Crippen molar-refractivity contribution in [2.24, 2.45) is 5.92 Å². The average molecular weight is 192 g/mol. The van der Waals surface area contributed by atoms with E-state index in [0.29, 0.717) is 5.92 Å². The third kappa shape index (κ3) is 1.52. The highest BCUT2D eigenvalue weighted by Gasteiger charge is 2.27. The molecule has 0 amide bonds. The number of fused-ring (bicyclic) bond motifs is 1. The van der Waals surface area contributed by atoms with E-state index in [1.807, 2.05) is 6.92 Å². The van der Waals surface area contributed by atoms with Gasteiger partial charge in [0.1, 0.15) is 5.82 Å². The maximum Gasteiger partial charge on any atom is 0.125 e. The number of hydrogen-bond acceptors (Lipinski definition) is 3. The van der Waals surface area contributed by atoms with Crippen molar-refractivity contribution in [3.63, 3.8) is 0 Å². The molecule has 3 nitrogen and oxygen atoms in total. The van der Waals surface area contributed by atoms with E-state index >= 15 is 0 Å². The summed E-state index contributed by atoms with van der Waals surface area (Å²) >= 11 is 0. The summed E-state index contributed by atoms with van der Waals surface area (Å²) in [6.45, 7) is 4.01. The molecule has 1 aliphatic carbocycles. The quantitative estimate of drug-likeness (QED) is 0.738. The molecule has 2 rings (SSSR count). The fourth-order valence-corrected chi connectivity index (χ4v) is 2.13. The van der Waals surface area contributed by atoms with Crippen molar-refractivity contribution in [1.29, 1.82) is 0 Å². The number of hydrogen-bond donors (Lipinski definition) is 1. The van der Waals surface area contributed by atoms with Gasteiger partial charge < -0.3 is 5.11 Å². The maximum absolute atomic E-state index is 10.0. The molecule has 0 spiro atoms. The van der Waals surface area contributed by atoms with Crippen LogP contribution in [0.2, 0.25) is 0 Å². The predicted octanol–water partition coefficient (Wildman–Crippen LogP) is 1.79. The van der Waals surface area contributed by atoms with Crippen molar-refractivity contribution in [2.75, 3.05) is 0 Å². The molecule has 76 valence electrons. The molecule has 1 heterocycles. The Morgan fingerprint density at radius 2 is 2.36 bits per heavy atom. The van der Waals surface area contributed by atoms with Crippen LogP contribution in [0.3, 0.4) is 0 Å². The standard InChI is InChI=1S/C11H16N2O/c1-3-8-4-5-10-9(11(8)14)6-12-7(2)13-10/h6,8,11,14H,3-5H2,1-2H3. The number of rotatable bonds is 1. The topological polar surface area (TPSA) is 46.0 Å². The van der Waals surface area contributed by atoms with E-state index < -0.39 is 0 Å². The van der Waals surface area contributed by atoms with Crippen molar-refractivity contribution < 1.29 is 5.11 Å². The van der Waals surface area contributed by atoms with Crippen LogP contribution >= 0.6 is 0 Å². The molecular weight excluding hydrogens is 176 g/mol. The first-order valence-electron chi connectivity index (χ1n) is 5.23. The van der Waals surface area contributed by atoms with Gasteiger partial charge in [-0.15, -0.1) is 0 Å². The Balaban J connectivity index is 2.36. The number of aliphatic hydroxyl groups is 1. The summed E-state index contributed by atoms with van der Waals surface area (Å²) in [5.41, 5.74) is 1.98. The van der Waals surface area contributed by atoms with Crippen LogP contribution in [0.4, 0.5) is 0 Å². The second kappa shape index (κ2) is 3.65. The zero-order valence-electron chi connectivity index (χ0n) is 8.70. The first-order valence-corrected chi connectivity index (χ1v) is 5.23. The Hall–Kier alpha value is -0.960. The van der Waals surface area contributed by atoms with Gasteiger partial charge in [-0.3, -0.25) is 0 Å². The Labute approximate surface area is 84.2 Å². The zero-order chi connectivity index (χ0) is 10.1. The fourth-order valence-electron chi connectivity index (χ4n) is 2.13. The number of aromatic nitrogens is 2. The molecular formula is C11H16N2O. The summed E-state index contributed by atoms with van der Waals surface area (Å²) in [7, 11) is 0. The van der Waals surface area contributed by atoms with E-state index in [1.165, 1.54) is 0 Å². The van der Waals surface area contributed by atoms with Gasteiger partial charge in [0.25, 0.3) is 0 Å². The minimum absolute atomic E-state index is 0.357. The molecule has 2 atom stereocenters. The van der Waals surface area contributed by atoms with E-state index in [9.17, 15) is 5.11 Å². The maximum atomic E-state index is 10.0. The normalized spacial score (nSPS) is 25.9. The van der Waals surface area contributed by atoms with Gasteiger partial charge in [-0.2, -0.15) is 0 Å². The molecule has 0 saturated carbocycles. The highest BCUT2D eigenvalue weighted by molar-refractivity contribution is 5.23. The van der Waals surface area contributed by atoms with Gasteiger partial charge in [0.15, 0.2) is 0 Å². The molecule has 14 heavy (non-hydrogen) atoms. The van der Waals surface area contributed by atoms with Crippen molar-refractivity contribution in [2.45, 2.75) is 39.2 Å². The van der Waals surface area contributed by atoms with Gasteiger partial charge in [-0.1, -0.05) is 13.3 Å². The summed E-state index contributed by atoms with van der Waals surface area (Å²) in [4.78, 5) is 8.50. The van der Waals surface area contributed by atoms with Gasteiger partial charge in [0, 0.05) is 17.5 Å². The van der Waals surface area contributed by atoms with Gasteiger partial charge in [0.2, 0.25) is 0 Å². The van der Waals surface area contributed by atoms with Crippen LogP contribution in [0, 0.1) is 12.8 Å². The first-order chi connectivity index (χ1) is 6.72. The lowest BCUT2D eigenvalue weighted by Gasteiger charge is -2.28. The van der Waals surface area contributed by atoms with Crippen LogP contribution in [-0.2, 0) is 6.42 Å². The SMILES string of the molecule is CCC1CCc2nc(C)ncc2C1O. The van der Waals surface area contributed by atoms with Gasteiger partial charge >= 0.3 is 0 Å². The molecule has 0 radical (unpaired) electrons. The van der Waals surface area contributed by atoms with Crippen molar-refractivity contribution in [1.82, 2.24) is 9.97 Å². The van der Waals surface area contributed by atoms with Gasteiger partial charge in [0.05, 0.1) is 6.10 Å². The second-order valence-corrected chi connectivity index (χ2v) is 3.97. The summed E-state index contributed by atoms with van der Waals surface area (Å²) < 4.78 is 0. The first kappa shape index (κ1) is 9.59. The number of aryl methyl sites for hydroxylation is 2. The number of aliphatic hydroxyl groups excluding tert-OH is 1. The minimum atomic E-state index is -0.357. The molecule has 1 N–H and O–H groups in total. The lowest BCUT2D eigenvalue weighted by molar-refractivity contribution is 0.0898. The zero-order valence-corrected chi connectivity index (χ0v) is 8.70. The van der Waals surface area contributed by atoms with E-state index in [1.54, 1.807) is 6.20 Å².